The molecule has 0 unspecified atom stereocenters. The van der Waals surface area contributed by atoms with Crippen molar-refractivity contribution in [2.45, 2.75) is 12.9 Å². The molecule has 0 bridgehead atoms. The zero-order valence-electron chi connectivity index (χ0n) is 24.2. The number of amides is 2. The highest BCUT2D eigenvalue weighted by molar-refractivity contribution is 6.08. The number of benzene rings is 4. The molecule has 1 N–H and O–H groups in total. The monoisotopic (exact) mass is 610 g/mol. The fraction of sp³-hybridized carbons (Fsp3) is 0.188. The van der Waals surface area contributed by atoms with Gasteiger partial charge in [0.25, 0.3) is 11.8 Å². The molecule has 0 radical (unpaired) electrons. The Morgan fingerprint density at radius 2 is 1.25 bits per heavy atom. The summed E-state index contributed by atoms with van der Waals surface area (Å²) in [6.45, 7) is 0.178. The fourth-order valence-electron chi connectivity index (χ4n) is 4.28. The van der Waals surface area contributed by atoms with Gasteiger partial charge in [-0.25, -0.2) is 0 Å². The molecule has 0 atom stereocenters. The summed E-state index contributed by atoms with van der Waals surface area (Å²) in [5.41, 5.74) is 2.07. The van der Waals surface area contributed by atoms with Crippen LogP contribution in [0.15, 0.2) is 84.9 Å². The van der Waals surface area contributed by atoms with Crippen molar-refractivity contribution in [3.05, 3.63) is 102 Å². The number of rotatable bonds is 11. The lowest BCUT2D eigenvalue weighted by molar-refractivity contribution is -0.274. The maximum absolute atomic E-state index is 13.9. The van der Waals surface area contributed by atoms with E-state index in [4.69, 9.17) is 18.9 Å². The van der Waals surface area contributed by atoms with Crippen LogP contribution >= 0.6 is 0 Å². The van der Waals surface area contributed by atoms with Gasteiger partial charge in [-0.2, -0.15) is 0 Å². The number of nitrogens with zero attached hydrogens (tertiary/aromatic N) is 1. The molecule has 4 rings (SSSR count). The van der Waals surface area contributed by atoms with E-state index in [2.05, 4.69) is 10.1 Å². The second kappa shape index (κ2) is 13.7. The minimum Gasteiger partial charge on any atom is -0.497 e. The number of hydrogen-bond donors (Lipinski definition) is 1. The molecule has 4 aromatic rings. The largest absolute Gasteiger partial charge is 0.573 e. The molecule has 9 nitrogen and oxygen atoms in total. The summed E-state index contributed by atoms with van der Waals surface area (Å²) in [7, 11) is 6.00. The van der Waals surface area contributed by atoms with E-state index in [1.54, 1.807) is 31.4 Å². The van der Waals surface area contributed by atoms with Crippen molar-refractivity contribution in [2.24, 2.45) is 0 Å². The first-order chi connectivity index (χ1) is 21.0. The van der Waals surface area contributed by atoms with Gasteiger partial charge < -0.3 is 33.9 Å². The Bertz CT molecular complexity index is 1570. The van der Waals surface area contributed by atoms with Crippen molar-refractivity contribution in [3.8, 4) is 28.7 Å². The first kappa shape index (κ1) is 31.5. The van der Waals surface area contributed by atoms with Crippen LogP contribution in [-0.2, 0) is 6.54 Å². The van der Waals surface area contributed by atoms with Crippen molar-refractivity contribution >= 4 is 23.2 Å². The quantitative estimate of drug-likeness (QED) is 0.202. The normalized spacial score (nSPS) is 10.9. The van der Waals surface area contributed by atoms with Crippen molar-refractivity contribution in [1.82, 2.24) is 0 Å². The maximum Gasteiger partial charge on any atom is 0.573 e. The van der Waals surface area contributed by atoms with Crippen LogP contribution in [0, 0.1) is 0 Å². The molecule has 0 spiro atoms. The molecule has 0 aliphatic rings. The number of carbonyl (C=O) groups is 2. The average molecular weight is 611 g/mol. The number of nitrogens with one attached hydrogen (secondary N) is 1. The van der Waals surface area contributed by atoms with E-state index in [1.807, 2.05) is 12.1 Å². The molecule has 0 aromatic heterocycles. The summed E-state index contributed by atoms with van der Waals surface area (Å²) in [5, 5.41) is 2.60. The van der Waals surface area contributed by atoms with Crippen LogP contribution in [0.5, 0.6) is 28.7 Å². The van der Waals surface area contributed by atoms with E-state index >= 15 is 0 Å². The minimum atomic E-state index is -4.82. The van der Waals surface area contributed by atoms with E-state index in [1.165, 1.54) is 62.6 Å². The van der Waals surface area contributed by atoms with Gasteiger partial charge in [-0.15, -0.1) is 13.2 Å². The molecule has 2 amide bonds. The van der Waals surface area contributed by atoms with Gasteiger partial charge in [-0.05, 0) is 66.2 Å². The lowest BCUT2D eigenvalue weighted by Gasteiger charge is -2.25. The van der Waals surface area contributed by atoms with E-state index in [0.29, 0.717) is 28.7 Å². The topological polar surface area (TPSA) is 95.6 Å². The average Bonchev–Trinajstić information content (AvgIpc) is 3.03. The van der Waals surface area contributed by atoms with Gasteiger partial charge in [0.05, 0.1) is 40.7 Å². The van der Waals surface area contributed by atoms with E-state index in [0.717, 1.165) is 17.7 Å². The van der Waals surface area contributed by atoms with Crippen molar-refractivity contribution in [1.29, 1.82) is 0 Å². The van der Waals surface area contributed by atoms with Crippen LogP contribution < -0.4 is 33.9 Å². The number of alkyl halides is 3. The third-order valence-electron chi connectivity index (χ3n) is 6.45. The van der Waals surface area contributed by atoms with Gasteiger partial charge in [0.1, 0.15) is 11.5 Å². The molecule has 230 valence electrons. The van der Waals surface area contributed by atoms with Gasteiger partial charge in [0.2, 0.25) is 5.75 Å². The third-order valence-corrected chi connectivity index (χ3v) is 6.45. The number of halogens is 3. The highest BCUT2D eigenvalue weighted by Crippen LogP contribution is 2.41. The molecular formula is C32H29F3N2O7. The molecule has 0 heterocycles. The van der Waals surface area contributed by atoms with Gasteiger partial charge in [0, 0.05) is 28.9 Å². The van der Waals surface area contributed by atoms with E-state index in [-0.39, 0.29) is 29.3 Å². The van der Waals surface area contributed by atoms with Gasteiger partial charge in [0.15, 0.2) is 11.5 Å². The third kappa shape index (κ3) is 7.71. The Labute approximate surface area is 251 Å². The summed E-state index contributed by atoms with van der Waals surface area (Å²) in [5.74, 6) is 0.450. The fourth-order valence-corrected chi connectivity index (χ4v) is 4.28. The standard InChI is InChI=1S/C32H29F3N2O7/c1-40-25-13-5-20(6-14-25)19-37(24-17-27(41-2)29(43-4)28(18-24)42-3)31(39)22-9-7-21(8-10-22)30(38)36-23-11-15-26(16-12-23)44-32(33,34)35/h5-18H,19H2,1-4H3,(H,36,38). The molecule has 12 heteroatoms. The highest BCUT2D eigenvalue weighted by Gasteiger charge is 2.31. The summed E-state index contributed by atoms with van der Waals surface area (Å²) < 4.78 is 62.7. The van der Waals surface area contributed by atoms with Crippen molar-refractivity contribution < 1.29 is 46.4 Å². The molecule has 4 aromatic carbocycles. The van der Waals surface area contributed by atoms with Crippen LogP contribution in [0.1, 0.15) is 26.3 Å². The van der Waals surface area contributed by atoms with Crippen LogP contribution in [0.3, 0.4) is 0 Å². The molecular weight excluding hydrogens is 581 g/mol. The Kier molecular flexibility index (Phi) is 9.84. The summed E-state index contributed by atoms with van der Waals surface area (Å²) in [4.78, 5) is 28.3. The van der Waals surface area contributed by atoms with Crippen molar-refractivity contribution in [2.75, 3.05) is 38.7 Å². The highest BCUT2D eigenvalue weighted by atomic mass is 19.4. The molecule has 0 aliphatic heterocycles. The lowest BCUT2D eigenvalue weighted by atomic mass is 10.1. The smallest absolute Gasteiger partial charge is 0.497 e. The van der Waals surface area contributed by atoms with Crippen molar-refractivity contribution in [3.63, 3.8) is 0 Å². The van der Waals surface area contributed by atoms with E-state index in [9.17, 15) is 22.8 Å². The zero-order valence-corrected chi connectivity index (χ0v) is 24.2. The number of ether oxygens (including phenoxy) is 5. The summed E-state index contributed by atoms with van der Waals surface area (Å²) in [6.07, 6.45) is -4.82. The molecule has 0 saturated heterocycles. The summed E-state index contributed by atoms with van der Waals surface area (Å²) in [6, 6.07) is 21.3. The van der Waals surface area contributed by atoms with Gasteiger partial charge in [-0.3, -0.25) is 9.59 Å². The first-order valence-corrected chi connectivity index (χ1v) is 13.1. The Balaban J connectivity index is 1.59. The van der Waals surface area contributed by atoms with Crippen LogP contribution in [0.2, 0.25) is 0 Å². The number of carbonyl (C=O) groups excluding carboxylic acids is 2. The number of anilines is 2. The Hall–Kier alpha value is -5.39. The van der Waals surface area contributed by atoms with Gasteiger partial charge in [-0.1, -0.05) is 12.1 Å². The number of methoxy groups -OCH3 is 4. The molecule has 0 aliphatic carbocycles. The van der Waals surface area contributed by atoms with Gasteiger partial charge >= 0.3 is 6.36 Å². The molecule has 44 heavy (non-hydrogen) atoms. The Morgan fingerprint density at radius 3 is 1.75 bits per heavy atom. The maximum atomic E-state index is 13.9. The minimum absolute atomic E-state index is 0.178. The van der Waals surface area contributed by atoms with Crippen LogP contribution in [-0.4, -0.2) is 46.6 Å². The first-order valence-electron chi connectivity index (χ1n) is 13.1. The molecule has 0 saturated carbocycles. The second-order valence-corrected chi connectivity index (χ2v) is 9.23. The second-order valence-electron chi connectivity index (χ2n) is 9.23. The number of hydrogen-bond acceptors (Lipinski definition) is 7. The predicted octanol–water partition coefficient (Wildman–Crippen LogP) is 6.72. The SMILES string of the molecule is COc1ccc(CN(C(=O)c2ccc(C(=O)Nc3ccc(OC(F)(F)F)cc3)cc2)c2cc(OC)c(OC)c(OC)c2)cc1. The molecule has 0 fully saturated rings. The van der Waals surface area contributed by atoms with Crippen LogP contribution in [0.4, 0.5) is 24.5 Å². The lowest BCUT2D eigenvalue weighted by Crippen LogP contribution is -2.30. The zero-order chi connectivity index (χ0) is 31.9. The van der Waals surface area contributed by atoms with E-state index < -0.39 is 18.0 Å². The van der Waals surface area contributed by atoms with Crippen LogP contribution in [0.25, 0.3) is 0 Å². The Morgan fingerprint density at radius 1 is 0.705 bits per heavy atom. The predicted molar refractivity (Wildman–Crippen MR) is 157 cm³/mol. The summed E-state index contributed by atoms with van der Waals surface area (Å²) >= 11 is 0.